The van der Waals surface area contributed by atoms with Crippen molar-refractivity contribution in [1.29, 1.82) is 0 Å². The van der Waals surface area contributed by atoms with Gasteiger partial charge in [0.05, 0.1) is 6.10 Å². The number of carboxylic acid groups (broad SMARTS) is 1. The molecule has 7 heteroatoms. The van der Waals surface area contributed by atoms with E-state index in [1.54, 1.807) is 0 Å². The molecular formula is C8H15NO5S. The Balaban J connectivity index is 2.69. The van der Waals surface area contributed by atoms with Crippen molar-refractivity contribution in [2.75, 3.05) is 18.8 Å². The Kier molecular flexibility index (Phi) is 3.69. The van der Waals surface area contributed by atoms with Gasteiger partial charge in [-0.1, -0.05) is 6.92 Å². The Labute approximate surface area is 88.6 Å². The maximum absolute atomic E-state index is 11.5. The first-order valence-corrected chi connectivity index (χ1v) is 6.31. The summed E-state index contributed by atoms with van der Waals surface area (Å²) in [7, 11) is -3.77. The van der Waals surface area contributed by atoms with Crippen molar-refractivity contribution < 1.29 is 23.4 Å². The summed E-state index contributed by atoms with van der Waals surface area (Å²) in [5, 5.41) is 17.9. The molecule has 2 N–H and O–H groups in total. The summed E-state index contributed by atoms with van der Waals surface area (Å²) in [5.41, 5.74) is 0. The molecule has 0 aromatic carbocycles. The van der Waals surface area contributed by atoms with Crippen molar-refractivity contribution in [3.05, 3.63) is 0 Å². The fourth-order valence-electron chi connectivity index (χ4n) is 1.52. The highest BCUT2D eigenvalue weighted by atomic mass is 32.2. The van der Waals surface area contributed by atoms with E-state index in [0.29, 0.717) is 6.42 Å². The first-order chi connectivity index (χ1) is 6.83. The van der Waals surface area contributed by atoms with Crippen molar-refractivity contribution in [2.45, 2.75) is 19.4 Å². The van der Waals surface area contributed by atoms with Crippen molar-refractivity contribution in [3.63, 3.8) is 0 Å². The second kappa shape index (κ2) is 4.46. The Hall–Kier alpha value is -0.660. The summed E-state index contributed by atoms with van der Waals surface area (Å²) in [6.45, 7) is 2.12. The fourth-order valence-corrected chi connectivity index (χ4v) is 2.78. The van der Waals surface area contributed by atoms with E-state index < -0.39 is 27.8 Å². The van der Waals surface area contributed by atoms with Gasteiger partial charge < -0.3 is 10.2 Å². The third-order valence-corrected chi connectivity index (χ3v) is 4.31. The van der Waals surface area contributed by atoms with Gasteiger partial charge in [0.2, 0.25) is 10.0 Å². The van der Waals surface area contributed by atoms with E-state index in [1.165, 1.54) is 0 Å². The molecule has 0 amide bonds. The van der Waals surface area contributed by atoms with Crippen LogP contribution in [0.4, 0.5) is 0 Å². The normalized spacial score (nSPS) is 28.9. The molecule has 0 bridgehead atoms. The van der Waals surface area contributed by atoms with Gasteiger partial charge in [-0.15, -0.1) is 0 Å². The molecule has 15 heavy (non-hydrogen) atoms. The van der Waals surface area contributed by atoms with Gasteiger partial charge in [-0.05, 0) is 12.3 Å². The van der Waals surface area contributed by atoms with Gasteiger partial charge >= 0.3 is 5.97 Å². The molecule has 0 aliphatic carbocycles. The third-order valence-electron chi connectivity index (χ3n) is 2.58. The molecule has 2 unspecified atom stereocenters. The Morgan fingerprint density at radius 1 is 1.53 bits per heavy atom. The summed E-state index contributed by atoms with van der Waals surface area (Å²) in [5.74, 6) is -2.22. The molecule has 2 atom stereocenters. The molecule has 0 aromatic rings. The summed E-state index contributed by atoms with van der Waals surface area (Å²) < 4.78 is 24.0. The molecule has 0 saturated carbocycles. The van der Waals surface area contributed by atoms with Crippen LogP contribution < -0.4 is 0 Å². The molecule has 1 aliphatic rings. The molecule has 1 fully saturated rings. The quantitative estimate of drug-likeness (QED) is 0.663. The third kappa shape index (κ3) is 3.15. The largest absolute Gasteiger partial charge is 0.480 e. The molecule has 0 spiro atoms. The highest BCUT2D eigenvalue weighted by Gasteiger charge is 2.32. The van der Waals surface area contributed by atoms with Gasteiger partial charge in [-0.25, -0.2) is 8.42 Å². The first-order valence-electron chi connectivity index (χ1n) is 4.70. The highest BCUT2D eigenvalue weighted by molar-refractivity contribution is 7.89. The van der Waals surface area contributed by atoms with E-state index in [0.717, 1.165) is 4.31 Å². The number of carboxylic acids is 1. The van der Waals surface area contributed by atoms with Crippen LogP contribution in [0.2, 0.25) is 0 Å². The van der Waals surface area contributed by atoms with Crippen LogP contribution in [0.3, 0.4) is 0 Å². The zero-order valence-corrected chi connectivity index (χ0v) is 9.27. The lowest BCUT2D eigenvalue weighted by Gasteiger charge is -2.32. The lowest BCUT2D eigenvalue weighted by Crippen LogP contribution is -2.47. The van der Waals surface area contributed by atoms with Gasteiger partial charge in [0, 0.05) is 13.1 Å². The predicted octanol–water partition coefficient (Wildman–Crippen LogP) is -0.896. The van der Waals surface area contributed by atoms with Gasteiger partial charge in [0.25, 0.3) is 0 Å². The van der Waals surface area contributed by atoms with Crippen LogP contribution in [0.25, 0.3) is 0 Å². The van der Waals surface area contributed by atoms with Crippen molar-refractivity contribution in [2.24, 2.45) is 5.92 Å². The highest BCUT2D eigenvalue weighted by Crippen LogP contribution is 2.19. The standard InChI is InChI=1S/C8H15NO5S/c1-6-2-3-9(4-7(6)10)15(13,14)5-8(11)12/h6-7,10H,2-5H2,1H3,(H,11,12). The number of aliphatic hydroxyl groups excluding tert-OH is 1. The Morgan fingerprint density at radius 2 is 2.13 bits per heavy atom. The van der Waals surface area contributed by atoms with Crippen LogP contribution in [0.15, 0.2) is 0 Å². The van der Waals surface area contributed by atoms with Crippen molar-refractivity contribution in [3.8, 4) is 0 Å². The van der Waals surface area contributed by atoms with E-state index in [-0.39, 0.29) is 19.0 Å². The average Bonchev–Trinajstić information content (AvgIpc) is 2.07. The second-order valence-corrected chi connectivity index (χ2v) is 5.81. The Morgan fingerprint density at radius 3 is 2.60 bits per heavy atom. The number of aliphatic hydroxyl groups is 1. The van der Waals surface area contributed by atoms with Gasteiger partial charge in [0.15, 0.2) is 5.75 Å². The fraction of sp³-hybridized carbons (Fsp3) is 0.875. The number of hydrogen-bond donors (Lipinski definition) is 2. The van der Waals surface area contributed by atoms with E-state index in [9.17, 15) is 18.3 Å². The summed E-state index contributed by atoms with van der Waals surface area (Å²) in [4.78, 5) is 10.3. The number of piperidine rings is 1. The first kappa shape index (κ1) is 12.4. The molecule has 0 aromatic heterocycles. The number of sulfonamides is 1. The summed E-state index contributed by atoms with van der Waals surface area (Å²) in [6, 6.07) is 0. The minimum Gasteiger partial charge on any atom is -0.480 e. The molecule has 6 nitrogen and oxygen atoms in total. The summed E-state index contributed by atoms with van der Waals surface area (Å²) >= 11 is 0. The molecule has 1 rings (SSSR count). The van der Waals surface area contributed by atoms with Crippen molar-refractivity contribution >= 4 is 16.0 Å². The monoisotopic (exact) mass is 237 g/mol. The second-order valence-electron chi connectivity index (χ2n) is 3.84. The zero-order valence-electron chi connectivity index (χ0n) is 8.46. The molecule has 1 saturated heterocycles. The predicted molar refractivity (Wildman–Crippen MR) is 52.8 cm³/mol. The Bertz CT molecular complexity index is 339. The number of aliphatic carboxylic acids is 1. The number of hydrogen-bond acceptors (Lipinski definition) is 4. The molecule has 1 heterocycles. The minimum atomic E-state index is -3.77. The maximum atomic E-state index is 11.5. The molecule has 1 aliphatic heterocycles. The van der Waals surface area contributed by atoms with Crippen LogP contribution in [0.5, 0.6) is 0 Å². The number of nitrogens with zero attached hydrogens (tertiary/aromatic N) is 1. The molecule has 88 valence electrons. The number of carbonyl (C=O) groups is 1. The topological polar surface area (TPSA) is 94.9 Å². The van der Waals surface area contributed by atoms with Crippen LogP contribution >= 0.6 is 0 Å². The van der Waals surface area contributed by atoms with E-state index >= 15 is 0 Å². The van der Waals surface area contributed by atoms with Crippen LogP contribution in [-0.2, 0) is 14.8 Å². The lowest BCUT2D eigenvalue weighted by atomic mass is 9.98. The molecular weight excluding hydrogens is 222 g/mol. The van der Waals surface area contributed by atoms with Crippen LogP contribution in [-0.4, -0.2) is 53.9 Å². The SMILES string of the molecule is CC1CCN(S(=O)(=O)CC(=O)O)CC1O. The van der Waals surface area contributed by atoms with E-state index in [1.807, 2.05) is 6.92 Å². The maximum Gasteiger partial charge on any atom is 0.320 e. The zero-order chi connectivity index (χ0) is 11.6. The van der Waals surface area contributed by atoms with Crippen LogP contribution in [0.1, 0.15) is 13.3 Å². The van der Waals surface area contributed by atoms with Crippen LogP contribution in [0, 0.1) is 5.92 Å². The molecule has 0 radical (unpaired) electrons. The smallest absolute Gasteiger partial charge is 0.320 e. The van der Waals surface area contributed by atoms with Gasteiger partial charge in [0.1, 0.15) is 0 Å². The van der Waals surface area contributed by atoms with Gasteiger partial charge in [-0.2, -0.15) is 4.31 Å². The number of β-amino-alcohol motifs (C(OH)–C–C–N with tert-alkyl or cyclic N) is 1. The summed E-state index contributed by atoms with van der Waals surface area (Å²) in [6.07, 6.45) is -0.151. The van der Waals surface area contributed by atoms with Crippen molar-refractivity contribution in [1.82, 2.24) is 4.31 Å². The van der Waals surface area contributed by atoms with E-state index in [4.69, 9.17) is 5.11 Å². The number of rotatable bonds is 3. The minimum absolute atomic E-state index is 0.00319. The van der Waals surface area contributed by atoms with E-state index in [2.05, 4.69) is 0 Å². The average molecular weight is 237 g/mol. The van der Waals surface area contributed by atoms with Gasteiger partial charge in [-0.3, -0.25) is 4.79 Å². The lowest BCUT2D eigenvalue weighted by molar-refractivity contribution is -0.134.